The number of aromatic hydroxyl groups is 2. The van der Waals surface area contributed by atoms with Crippen LogP contribution in [0.2, 0.25) is 0 Å². The molecule has 1 aromatic rings. The first kappa shape index (κ1) is 15.1. The van der Waals surface area contributed by atoms with Crippen LogP contribution in [0.3, 0.4) is 0 Å². The summed E-state index contributed by atoms with van der Waals surface area (Å²) in [5, 5.41) is 18.5. The summed E-state index contributed by atoms with van der Waals surface area (Å²) in [6.07, 6.45) is 6.57. The molecular formula is C15H20O4. The normalized spacial score (nSPS) is 10.8. The van der Waals surface area contributed by atoms with Gasteiger partial charge in [0.25, 0.3) is 0 Å². The van der Waals surface area contributed by atoms with E-state index in [9.17, 15) is 9.90 Å². The van der Waals surface area contributed by atoms with Crippen LogP contribution in [0.15, 0.2) is 30.4 Å². The number of allylic oxidation sites excluding steroid dienone is 2. The van der Waals surface area contributed by atoms with Crippen molar-refractivity contribution in [2.24, 2.45) is 0 Å². The smallest absolute Gasteiger partial charge is 0.306 e. The molecule has 19 heavy (non-hydrogen) atoms. The van der Waals surface area contributed by atoms with E-state index in [1.807, 2.05) is 19.1 Å². The Hall–Kier alpha value is -1.97. The summed E-state index contributed by atoms with van der Waals surface area (Å²) >= 11 is 0. The molecule has 0 fully saturated rings. The van der Waals surface area contributed by atoms with Gasteiger partial charge in [0.2, 0.25) is 0 Å². The Balaban J connectivity index is 2.24. The molecule has 0 unspecified atom stereocenters. The van der Waals surface area contributed by atoms with E-state index in [1.165, 1.54) is 12.1 Å². The second-order valence-electron chi connectivity index (χ2n) is 4.21. The quantitative estimate of drug-likeness (QED) is 0.451. The van der Waals surface area contributed by atoms with E-state index in [0.717, 1.165) is 12.0 Å². The summed E-state index contributed by atoms with van der Waals surface area (Å²) in [5.74, 6) is -0.527. The second kappa shape index (κ2) is 8.19. The zero-order valence-electron chi connectivity index (χ0n) is 11.1. The number of rotatable bonds is 7. The maximum atomic E-state index is 11.4. The maximum absolute atomic E-state index is 11.4. The summed E-state index contributed by atoms with van der Waals surface area (Å²) in [6, 6.07) is 4.57. The highest BCUT2D eigenvalue weighted by Gasteiger charge is 2.03. The summed E-state index contributed by atoms with van der Waals surface area (Å²) in [7, 11) is 0. The fraction of sp³-hybridized carbons (Fsp3) is 0.400. The number of hydrogen-bond acceptors (Lipinski definition) is 4. The SMILES string of the molecule is CC/C=C\CCC(=O)OCCc1ccc(O)c(O)c1. The van der Waals surface area contributed by atoms with Crippen LogP contribution in [0, 0.1) is 0 Å². The lowest BCUT2D eigenvalue weighted by Crippen LogP contribution is -2.07. The van der Waals surface area contributed by atoms with E-state index < -0.39 is 0 Å². The van der Waals surface area contributed by atoms with Crippen molar-refractivity contribution in [2.45, 2.75) is 32.6 Å². The van der Waals surface area contributed by atoms with Crippen LogP contribution >= 0.6 is 0 Å². The number of carbonyl (C=O) groups is 1. The third-order valence-electron chi connectivity index (χ3n) is 2.61. The molecule has 0 heterocycles. The summed E-state index contributed by atoms with van der Waals surface area (Å²) in [6.45, 7) is 2.32. The number of benzene rings is 1. The molecule has 1 aromatic carbocycles. The molecule has 0 saturated carbocycles. The first-order chi connectivity index (χ1) is 9.13. The van der Waals surface area contributed by atoms with Gasteiger partial charge in [-0.05, 0) is 30.5 Å². The molecular weight excluding hydrogens is 244 g/mol. The molecule has 0 atom stereocenters. The molecule has 0 amide bonds. The standard InChI is InChI=1S/C15H20O4/c1-2-3-4-5-6-15(18)19-10-9-12-7-8-13(16)14(17)11-12/h3-4,7-8,11,16-17H,2,5-6,9-10H2,1H3/b4-3-. The summed E-state index contributed by atoms with van der Waals surface area (Å²) in [4.78, 5) is 11.4. The van der Waals surface area contributed by atoms with Gasteiger partial charge in [0.1, 0.15) is 0 Å². The van der Waals surface area contributed by atoms with E-state index in [0.29, 0.717) is 19.3 Å². The molecule has 0 bridgehead atoms. The number of ether oxygens (including phenoxy) is 1. The molecule has 2 N–H and O–H groups in total. The van der Waals surface area contributed by atoms with Gasteiger partial charge in [-0.3, -0.25) is 4.79 Å². The third kappa shape index (κ3) is 5.95. The van der Waals surface area contributed by atoms with E-state index in [4.69, 9.17) is 9.84 Å². The minimum Gasteiger partial charge on any atom is -0.504 e. The highest BCUT2D eigenvalue weighted by molar-refractivity contribution is 5.69. The Kier molecular flexibility index (Phi) is 6.50. The average molecular weight is 264 g/mol. The highest BCUT2D eigenvalue weighted by atomic mass is 16.5. The van der Waals surface area contributed by atoms with Gasteiger partial charge in [-0.15, -0.1) is 0 Å². The van der Waals surface area contributed by atoms with E-state index in [-0.39, 0.29) is 24.1 Å². The van der Waals surface area contributed by atoms with Gasteiger partial charge in [0.05, 0.1) is 6.61 Å². The first-order valence-electron chi connectivity index (χ1n) is 6.45. The maximum Gasteiger partial charge on any atom is 0.306 e. The highest BCUT2D eigenvalue weighted by Crippen LogP contribution is 2.24. The van der Waals surface area contributed by atoms with Gasteiger partial charge in [0.15, 0.2) is 11.5 Å². The number of hydrogen-bond donors (Lipinski definition) is 2. The average Bonchev–Trinajstić information content (AvgIpc) is 2.39. The fourth-order valence-electron chi connectivity index (χ4n) is 1.57. The second-order valence-corrected chi connectivity index (χ2v) is 4.21. The van der Waals surface area contributed by atoms with Crippen LogP contribution in [0.25, 0.3) is 0 Å². The van der Waals surface area contributed by atoms with Gasteiger partial charge in [-0.1, -0.05) is 25.1 Å². The topological polar surface area (TPSA) is 66.8 Å². The first-order valence-corrected chi connectivity index (χ1v) is 6.45. The lowest BCUT2D eigenvalue weighted by molar-refractivity contribution is -0.143. The molecule has 0 spiro atoms. The van der Waals surface area contributed by atoms with E-state index in [2.05, 4.69) is 0 Å². The number of esters is 1. The number of carbonyl (C=O) groups excluding carboxylic acids is 1. The molecule has 0 saturated heterocycles. The number of phenols is 2. The van der Waals surface area contributed by atoms with Crippen molar-refractivity contribution in [3.05, 3.63) is 35.9 Å². The zero-order valence-corrected chi connectivity index (χ0v) is 11.1. The molecule has 0 aromatic heterocycles. The Bertz CT molecular complexity index is 438. The molecule has 4 nitrogen and oxygen atoms in total. The van der Waals surface area contributed by atoms with Gasteiger partial charge >= 0.3 is 5.97 Å². The van der Waals surface area contributed by atoms with Crippen molar-refractivity contribution in [3.8, 4) is 11.5 Å². The van der Waals surface area contributed by atoms with Gasteiger partial charge in [0, 0.05) is 12.8 Å². The Morgan fingerprint density at radius 3 is 2.74 bits per heavy atom. The van der Waals surface area contributed by atoms with Crippen LogP contribution in [0.1, 0.15) is 31.7 Å². The van der Waals surface area contributed by atoms with Crippen LogP contribution < -0.4 is 0 Å². The Morgan fingerprint density at radius 1 is 1.26 bits per heavy atom. The van der Waals surface area contributed by atoms with Crippen LogP contribution in [-0.2, 0) is 16.0 Å². The van der Waals surface area contributed by atoms with Crippen molar-refractivity contribution in [2.75, 3.05) is 6.61 Å². The van der Waals surface area contributed by atoms with E-state index >= 15 is 0 Å². The van der Waals surface area contributed by atoms with Crippen molar-refractivity contribution in [1.29, 1.82) is 0 Å². The third-order valence-corrected chi connectivity index (χ3v) is 2.61. The zero-order chi connectivity index (χ0) is 14.1. The molecule has 0 aliphatic carbocycles. The van der Waals surface area contributed by atoms with Crippen LogP contribution in [0.5, 0.6) is 11.5 Å². The molecule has 0 aliphatic rings. The molecule has 0 aliphatic heterocycles. The van der Waals surface area contributed by atoms with Crippen molar-refractivity contribution >= 4 is 5.97 Å². The van der Waals surface area contributed by atoms with Crippen molar-refractivity contribution in [3.63, 3.8) is 0 Å². The Morgan fingerprint density at radius 2 is 2.05 bits per heavy atom. The number of phenolic OH excluding ortho intramolecular Hbond substituents is 2. The molecule has 104 valence electrons. The fourth-order valence-corrected chi connectivity index (χ4v) is 1.57. The molecule has 0 radical (unpaired) electrons. The van der Waals surface area contributed by atoms with Crippen LogP contribution in [-0.4, -0.2) is 22.8 Å². The van der Waals surface area contributed by atoms with Gasteiger partial charge < -0.3 is 14.9 Å². The molecule has 1 rings (SSSR count). The van der Waals surface area contributed by atoms with E-state index in [1.54, 1.807) is 6.07 Å². The van der Waals surface area contributed by atoms with Crippen molar-refractivity contribution in [1.82, 2.24) is 0 Å². The summed E-state index contributed by atoms with van der Waals surface area (Å²) < 4.78 is 5.08. The Labute approximate surface area is 113 Å². The monoisotopic (exact) mass is 264 g/mol. The predicted octanol–water partition coefficient (Wildman–Crippen LogP) is 2.93. The van der Waals surface area contributed by atoms with Gasteiger partial charge in [-0.25, -0.2) is 0 Å². The van der Waals surface area contributed by atoms with Gasteiger partial charge in [-0.2, -0.15) is 0 Å². The lowest BCUT2D eigenvalue weighted by Gasteiger charge is -2.05. The largest absolute Gasteiger partial charge is 0.504 e. The minimum atomic E-state index is -0.219. The molecule has 4 heteroatoms. The predicted molar refractivity (Wildman–Crippen MR) is 73.1 cm³/mol. The van der Waals surface area contributed by atoms with Crippen molar-refractivity contribution < 1.29 is 19.7 Å². The van der Waals surface area contributed by atoms with Crippen LogP contribution in [0.4, 0.5) is 0 Å². The summed E-state index contributed by atoms with van der Waals surface area (Å²) in [5.41, 5.74) is 0.814. The lowest BCUT2D eigenvalue weighted by atomic mass is 10.1. The minimum absolute atomic E-state index is 0.150.